The number of hydrogen-bond donors (Lipinski definition) is 0. The number of halogens is 1. The molecule has 19 heavy (non-hydrogen) atoms. The first-order valence-corrected chi connectivity index (χ1v) is 5.74. The first kappa shape index (κ1) is 14.9. The van der Waals surface area contributed by atoms with E-state index in [0.29, 0.717) is 18.7 Å². The van der Waals surface area contributed by atoms with E-state index in [1.54, 1.807) is 4.90 Å². The number of nitro benzene ring substituents is 1. The monoisotopic (exact) mass is 270 g/mol. The third-order valence-corrected chi connectivity index (χ3v) is 2.48. The molecule has 1 aromatic rings. The van der Waals surface area contributed by atoms with Crippen molar-refractivity contribution in [2.45, 2.75) is 13.3 Å². The van der Waals surface area contributed by atoms with Crippen molar-refractivity contribution in [3.63, 3.8) is 0 Å². The Labute approximate surface area is 109 Å². The molecule has 0 radical (unpaired) electrons. The number of esters is 1. The molecule has 0 saturated heterocycles. The van der Waals surface area contributed by atoms with Crippen LogP contribution in [0.1, 0.15) is 13.3 Å². The van der Waals surface area contributed by atoms with Crippen molar-refractivity contribution in [3.05, 3.63) is 34.1 Å². The summed E-state index contributed by atoms with van der Waals surface area (Å²) < 4.78 is 17.9. The summed E-state index contributed by atoms with van der Waals surface area (Å²) in [5, 5.41) is 10.7. The van der Waals surface area contributed by atoms with Crippen LogP contribution in [0.5, 0.6) is 0 Å². The van der Waals surface area contributed by atoms with Gasteiger partial charge in [0.05, 0.1) is 18.1 Å². The second-order valence-electron chi connectivity index (χ2n) is 3.92. The van der Waals surface area contributed by atoms with Gasteiger partial charge in [0.2, 0.25) is 0 Å². The Bertz CT molecular complexity index is 479. The largest absolute Gasteiger partial charge is 0.468 e. The molecule has 6 nitrogen and oxygen atoms in total. The molecule has 1 aromatic carbocycles. The molecule has 0 fully saturated rings. The van der Waals surface area contributed by atoms with E-state index in [0.717, 1.165) is 12.1 Å². The highest BCUT2D eigenvalue weighted by molar-refractivity contribution is 5.76. The molecule has 1 rings (SSSR count). The summed E-state index contributed by atoms with van der Waals surface area (Å²) in [6.45, 7) is 2.28. The lowest BCUT2D eigenvalue weighted by Gasteiger charge is -2.22. The van der Waals surface area contributed by atoms with Crippen LogP contribution in [0, 0.1) is 15.9 Å². The van der Waals surface area contributed by atoms with Crippen molar-refractivity contribution in [3.8, 4) is 0 Å². The van der Waals surface area contributed by atoms with Gasteiger partial charge in [-0.15, -0.1) is 0 Å². The molecule has 0 N–H and O–H groups in total. The number of ether oxygens (including phenoxy) is 1. The van der Waals surface area contributed by atoms with Gasteiger partial charge >= 0.3 is 5.97 Å². The topological polar surface area (TPSA) is 72.7 Å². The van der Waals surface area contributed by atoms with Crippen molar-refractivity contribution in [1.82, 2.24) is 0 Å². The summed E-state index contributed by atoms with van der Waals surface area (Å²) in [6.07, 6.45) is 0.710. The maximum atomic E-state index is 13.4. The smallest absolute Gasteiger partial charge is 0.325 e. The van der Waals surface area contributed by atoms with Crippen LogP contribution in [-0.2, 0) is 9.53 Å². The summed E-state index contributed by atoms with van der Waals surface area (Å²) in [5.41, 5.74) is -0.0556. The van der Waals surface area contributed by atoms with E-state index in [4.69, 9.17) is 0 Å². The molecule has 0 aromatic heterocycles. The van der Waals surface area contributed by atoms with Gasteiger partial charge in [0.25, 0.3) is 5.69 Å². The van der Waals surface area contributed by atoms with Gasteiger partial charge in [-0.05, 0) is 12.5 Å². The number of benzene rings is 1. The molecule has 0 atom stereocenters. The second kappa shape index (κ2) is 6.67. The Kier molecular flexibility index (Phi) is 5.23. The zero-order valence-corrected chi connectivity index (χ0v) is 10.8. The van der Waals surface area contributed by atoms with E-state index < -0.39 is 16.7 Å². The van der Waals surface area contributed by atoms with Crippen LogP contribution >= 0.6 is 0 Å². The molecule has 0 unspecified atom stereocenters. The number of carbonyl (C=O) groups is 1. The molecule has 7 heteroatoms. The van der Waals surface area contributed by atoms with Gasteiger partial charge in [-0.2, -0.15) is 0 Å². The molecule has 0 saturated carbocycles. The van der Waals surface area contributed by atoms with Gasteiger partial charge < -0.3 is 9.64 Å². The Balaban J connectivity index is 3.07. The maximum absolute atomic E-state index is 13.4. The van der Waals surface area contributed by atoms with Crippen LogP contribution in [-0.4, -0.2) is 31.1 Å². The number of nitrogens with zero attached hydrogens (tertiary/aromatic N) is 2. The fourth-order valence-electron chi connectivity index (χ4n) is 1.64. The number of hydrogen-bond acceptors (Lipinski definition) is 5. The Hall–Kier alpha value is -2.18. The molecular formula is C12H15FN2O4. The van der Waals surface area contributed by atoms with E-state index in [1.807, 2.05) is 6.92 Å². The van der Waals surface area contributed by atoms with Crippen LogP contribution in [0.25, 0.3) is 0 Å². The van der Waals surface area contributed by atoms with Crippen LogP contribution < -0.4 is 4.90 Å². The first-order chi connectivity index (χ1) is 8.97. The van der Waals surface area contributed by atoms with E-state index in [2.05, 4.69) is 4.74 Å². The number of anilines is 1. The standard InChI is InChI=1S/C12H15FN2O4/c1-3-4-14(8-12(16)19-2)10-5-9(13)6-11(7-10)15(17)18/h5-7H,3-4,8H2,1-2H3. The van der Waals surface area contributed by atoms with Crippen molar-refractivity contribution in [2.75, 3.05) is 25.1 Å². The second-order valence-corrected chi connectivity index (χ2v) is 3.92. The minimum atomic E-state index is -0.713. The van der Waals surface area contributed by atoms with E-state index in [9.17, 15) is 19.3 Å². The molecule has 0 amide bonds. The number of methoxy groups -OCH3 is 1. The highest BCUT2D eigenvalue weighted by Gasteiger charge is 2.16. The zero-order chi connectivity index (χ0) is 14.4. The number of rotatable bonds is 6. The lowest BCUT2D eigenvalue weighted by Crippen LogP contribution is -2.31. The van der Waals surface area contributed by atoms with E-state index in [1.165, 1.54) is 13.2 Å². The van der Waals surface area contributed by atoms with Gasteiger partial charge in [0.1, 0.15) is 12.4 Å². The molecule has 0 spiro atoms. The van der Waals surface area contributed by atoms with Crippen LogP contribution in [0.4, 0.5) is 15.8 Å². The lowest BCUT2D eigenvalue weighted by atomic mass is 10.2. The minimum absolute atomic E-state index is 0.0784. The molecule has 0 heterocycles. The molecule has 0 aliphatic heterocycles. The summed E-state index contributed by atoms with van der Waals surface area (Å²) in [7, 11) is 1.25. The van der Waals surface area contributed by atoms with Crippen molar-refractivity contribution in [2.24, 2.45) is 0 Å². The van der Waals surface area contributed by atoms with Crippen molar-refractivity contribution >= 4 is 17.3 Å². The van der Waals surface area contributed by atoms with Gasteiger partial charge in [-0.25, -0.2) is 4.39 Å². The number of carbonyl (C=O) groups excluding carboxylic acids is 1. The minimum Gasteiger partial charge on any atom is -0.468 e. The van der Waals surface area contributed by atoms with Gasteiger partial charge in [0.15, 0.2) is 0 Å². The SMILES string of the molecule is CCCN(CC(=O)OC)c1cc(F)cc([N+](=O)[O-])c1. The molecular weight excluding hydrogens is 255 g/mol. The highest BCUT2D eigenvalue weighted by atomic mass is 19.1. The predicted molar refractivity (Wildman–Crippen MR) is 67.6 cm³/mol. The summed E-state index contributed by atoms with van der Waals surface area (Å²) in [5.74, 6) is -1.20. The fraction of sp³-hybridized carbons (Fsp3) is 0.417. The number of nitro groups is 1. The average Bonchev–Trinajstić information content (AvgIpc) is 2.37. The van der Waals surface area contributed by atoms with Crippen LogP contribution in [0.2, 0.25) is 0 Å². The van der Waals surface area contributed by atoms with Gasteiger partial charge in [-0.1, -0.05) is 6.92 Å². The number of non-ortho nitro benzene ring substituents is 1. The third-order valence-electron chi connectivity index (χ3n) is 2.48. The molecule has 0 aliphatic rings. The quantitative estimate of drug-likeness (QED) is 0.450. The Morgan fingerprint density at radius 3 is 2.68 bits per heavy atom. The lowest BCUT2D eigenvalue weighted by molar-refractivity contribution is -0.385. The molecule has 0 aliphatic carbocycles. The van der Waals surface area contributed by atoms with Gasteiger partial charge in [0, 0.05) is 18.3 Å². The van der Waals surface area contributed by atoms with Crippen molar-refractivity contribution in [1.29, 1.82) is 0 Å². The Morgan fingerprint density at radius 1 is 1.47 bits per heavy atom. The molecule has 0 bridgehead atoms. The fourth-order valence-corrected chi connectivity index (χ4v) is 1.64. The van der Waals surface area contributed by atoms with E-state index >= 15 is 0 Å². The van der Waals surface area contributed by atoms with Crippen LogP contribution in [0.3, 0.4) is 0 Å². The maximum Gasteiger partial charge on any atom is 0.325 e. The van der Waals surface area contributed by atoms with Gasteiger partial charge in [-0.3, -0.25) is 14.9 Å². The molecule has 104 valence electrons. The first-order valence-electron chi connectivity index (χ1n) is 5.74. The summed E-state index contributed by atoms with van der Waals surface area (Å²) in [4.78, 5) is 22.8. The Morgan fingerprint density at radius 2 is 2.16 bits per heavy atom. The highest BCUT2D eigenvalue weighted by Crippen LogP contribution is 2.23. The normalized spacial score (nSPS) is 10.1. The summed E-state index contributed by atoms with van der Waals surface area (Å²) >= 11 is 0. The third kappa shape index (κ3) is 4.20. The van der Waals surface area contributed by atoms with Crippen LogP contribution in [0.15, 0.2) is 18.2 Å². The van der Waals surface area contributed by atoms with Crippen molar-refractivity contribution < 1.29 is 18.8 Å². The average molecular weight is 270 g/mol. The zero-order valence-electron chi connectivity index (χ0n) is 10.8. The van der Waals surface area contributed by atoms with E-state index in [-0.39, 0.29) is 12.2 Å². The predicted octanol–water partition coefficient (Wildman–Crippen LogP) is 2.12. The summed E-state index contributed by atoms with van der Waals surface area (Å²) in [6, 6.07) is 3.24.